The van der Waals surface area contributed by atoms with E-state index in [1.807, 2.05) is 0 Å². The fourth-order valence-corrected chi connectivity index (χ4v) is 2.02. The molecule has 0 aliphatic rings. The van der Waals surface area contributed by atoms with E-state index >= 15 is 0 Å². The van der Waals surface area contributed by atoms with Crippen molar-refractivity contribution in [2.75, 3.05) is 0 Å². The number of hydrogen-bond acceptors (Lipinski definition) is 2. The third-order valence-corrected chi connectivity index (χ3v) is 2.87. The predicted octanol–water partition coefficient (Wildman–Crippen LogP) is 3.78. The van der Waals surface area contributed by atoms with Crippen LogP contribution in [-0.4, -0.2) is 6.61 Å². The first kappa shape index (κ1) is 14.4. The molecule has 0 bridgehead atoms. The lowest BCUT2D eigenvalue weighted by Crippen LogP contribution is -2.13. The molecular weight excluding hydrogens is 267 g/mol. The van der Waals surface area contributed by atoms with Gasteiger partial charge in [0, 0.05) is 0 Å². The quantitative estimate of drug-likeness (QED) is 0.925. The summed E-state index contributed by atoms with van der Waals surface area (Å²) >= 11 is 0. The van der Waals surface area contributed by atoms with Gasteiger partial charge in [-0.1, -0.05) is 18.2 Å². The predicted molar refractivity (Wildman–Crippen MR) is 70.2 cm³/mol. The third-order valence-electron chi connectivity index (χ3n) is 2.87. The van der Waals surface area contributed by atoms with Crippen LogP contribution in [0.3, 0.4) is 0 Å². The van der Waals surface area contributed by atoms with Crippen molar-refractivity contribution >= 4 is 0 Å². The van der Waals surface area contributed by atoms with Crippen LogP contribution in [0.4, 0.5) is 13.2 Å². The Hall–Kier alpha value is -2.01. The first-order valence-electron chi connectivity index (χ1n) is 6.03. The van der Waals surface area contributed by atoms with Crippen LogP contribution in [0, 0.1) is 12.7 Å². The number of rotatable bonds is 4. The van der Waals surface area contributed by atoms with E-state index in [2.05, 4.69) is 4.74 Å². The molecule has 0 saturated carbocycles. The van der Waals surface area contributed by atoms with Crippen LogP contribution in [-0.2, 0) is 0 Å². The van der Waals surface area contributed by atoms with Crippen LogP contribution >= 0.6 is 0 Å². The normalized spacial score (nSPS) is 12.5. The molecule has 0 saturated heterocycles. The van der Waals surface area contributed by atoms with Gasteiger partial charge in [-0.2, -0.15) is 8.78 Å². The largest absolute Gasteiger partial charge is 0.435 e. The molecule has 0 spiro atoms. The fourth-order valence-electron chi connectivity index (χ4n) is 2.02. The van der Waals surface area contributed by atoms with E-state index in [1.165, 1.54) is 24.3 Å². The summed E-state index contributed by atoms with van der Waals surface area (Å²) in [6.45, 7) is -1.13. The Morgan fingerprint density at radius 3 is 2.45 bits per heavy atom. The molecule has 0 amide bonds. The number of benzene rings is 2. The summed E-state index contributed by atoms with van der Waals surface area (Å²) < 4.78 is 42.1. The molecule has 0 radical (unpaired) electrons. The molecule has 5 heteroatoms. The highest BCUT2D eigenvalue weighted by atomic mass is 19.3. The van der Waals surface area contributed by atoms with Crippen molar-refractivity contribution in [3.8, 4) is 5.75 Å². The Balaban J connectivity index is 2.30. The van der Waals surface area contributed by atoms with Gasteiger partial charge in [-0.25, -0.2) is 4.39 Å². The number of hydrogen-bond donors (Lipinski definition) is 1. The smallest absolute Gasteiger partial charge is 0.387 e. The maximum absolute atomic E-state index is 13.4. The molecule has 2 aromatic carbocycles. The van der Waals surface area contributed by atoms with Crippen LogP contribution in [0.5, 0.6) is 5.75 Å². The second kappa shape index (κ2) is 5.96. The molecule has 2 rings (SSSR count). The van der Waals surface area contributed by atoms with E-state index in [-0.39, 0.29) is 11.6 Å². The summed E-state index contributed by atoms with van der Waals surface area (Å²) in [5, 5.41) is 0. The first-order chi connectivity index (χ1) is 9.45. The minimum Gasteiger partial charge on any atom is -0.435 e. The lowest BCUT2D eigenvalue weighted by atomic mass is 9.98. The lowest BCUT2D eigenvalue weighted by molar-refractivity contribution is -0.0498. The van der Waals surface area contributed by atoms with E-state index in [4.69, 9.17) is 5.73 Å². The van der Waals surface area contributed by atoms with Crippen molar-refractivity contribution in [1.29, 1.82) is 0 Å². The summed E-state index contributed by atoms with van der Waals surface area (Å²) in [6.07, 6.45) is 0. The minimum atomic E-state index is -2.89. The molecule has 0 aliphatic heterocycles. The molecule has 106 valence electrons. The number of nitrogens with two attached hydrogens (primary N) is 1. The molecule has 0 aromatic heterocycles. The molecule has 2 nitrogen and oxygen atoms in total. The van der Waals surface area contributed by atoms with Crippen LogP contribution in [0.15, 0.2) is 42.5 Å². The van der Waals surface area contributed by atoms with Gasteiger partial charge in [-0.05, 0) is 47.9 Å². The average molecular weight is 281 g/mol. The summed E-state index contributed by atoms with van der Waals surface area (Å²) in [5.41, 5.74) is 7.95. The highest BCUT2D eigenvalue weighted by Gasteiger charge is 2.12. The van der Waals surface area contributed by atoms with Crippen LogP contribution in [0.2, 0.25) is 0 Å². The van der Waals surface area contributed by atoms with Crippen LogP contribution in [0.25, 0.3) is 0 Å². The zero-order valence-electron chi connectivity index (χ0n) is 10.8. The summed E-state index contributed by atoms with van der Waals surface area (Å²) in [7, 11) is 0. The Kier molecular flexibility index (Phi) is 4.29. The Morgan fingerprint density at radius 1 is 1.05 bits per heavy atom. The Labute approximate surface area is 115 Å². The van der Waals surface area contributed by atoms with E-state index in [0.29, 0.717) is 11.1 Å². The number of ether oxygens (including phenoxy) is 1. The highest BCUT2D eigenvalue weighted by Crippen LogP contribution is 2.25. The zero-order valence-corrected chi connectivity index (χ0v) is 10.8. The van der Waals surface area contributed by atoms with Crippen molar-refractivity contribution in [2.24, 2.45) is 5.73 Å². The van der Waals surface area contributed by atoms with Crippen molar-refractivity contribution in [1.82, 2.24) is 0 Å². The van der Waals surface area contributed by atoms with Gasteiger partial charge in [-0.15, -0.1) is 0 Å². The minimum absolute atomic E-state index is 0.0288. The second-order valence-electron chi connectivity index (χ2n) is 4.49. The maximum Gasteiger partial charge on any atom is 0.387 e. The summed E-state index contributed by atoms with van der Waals surface area (Å²) in [5.74, 6) is -0.350. The molecule has 2 aromatic rings. The van der Waals surface area contributed by atoms with E-state index < -0.39 is 12.7 Å². The van der Waals surface area contributed by atoms with E-state index in [0.717, 1.165) is 5.56 Å². The van der Waals surface area contributed by atoms with Gasteiger partial charge >= 0.3 is 6.61 Å². The molecule has 0 heterocycles. The molecule has 0 aliphatic carbocycles. The van der Waals surface area contributed by atoms with Gasteiger partial charge in [0.15, 0.2) is 0 Å². The molecule has 2 N–H and O–H groups in total. The summed E-state index contributed by atoms with van der Waals surface area (Å²) in [6, 6.07) is 9.98. The standard InChI is InChI=1S/C15H14F3NO/c1-9-5-11(7-12(16)6-9)14(19)10-3-2-4-13(8-10)20-15(17)18/h2-8,14-15H,19H2,1H3. The molecular formula is C15H14F3NO. The maximum atomic E-state index is 13.4. The number of halogens is 3. The van der Waals surface area contributed by atoms with Gasteiger partial charge in [-0.3, -0.25) is 0 Å². The molecule has 1 atom stereocenters. The molecule has 20 heavy (non-hydrogen) atoms. The van der Waals surface area contributed by atoms with Gasteiger partial charge in [0.1, 0.15) is 11.6 Å². The monoisotopic (exact) mass is 281 g/mol. The van der Waals surface area contributed by atoms with Crippen LogP contribution in [0.1, 0.15) is 22.7 Å². The van der Waals surface area contributed by atoms with Crippen molar-refractivity contribution in [3.05, 3.63) is 65.0 Å². The van der Waals surface area contributed by atoms with Gasteiger partial charge < -0.3 is 10.5 Å². The number of aryl methyl sites for hydroxylation is 1. The van der Waals surface area contributed by atoms with Crippen molar-refractivity contribution in [3.63, 3.8) is 0 Å². The van der Waals surface area contributed by atoms with Crippen molar-refractivity contribution in [2.45, 2.75) is 19.6 Å². The molecule has 0 fully saturated rings. The van der Waals surface area contributed by atoms with Crippen LogP contribution < -0.4 is 10.5 Å². The SMILES string of the molecule is Cc1cc(F)cc(C(N)c2cccc(OC(F)F)c2)c1. The Bertz CT molecular complexity index is 581. The van der Waals surface area contributed by atoms with E-state index in [1.54, 1.807) is 25.1 Å². The summed E-state index contributed by atoms with van der Waals surface area (Å²) in [4.78, 5) is 0. The topological polar surface area (TPSA) is 35.2 Å². The third kappa shape index (κ3) is 3.51. The Morgan fingerprint density at radius 2 is 1.80 bits per heavy atom. The number of alkyl halides is 2. The first-order valence-corrected chi connectivity index (χ1v) is 6.03. The van der Waals surface area contributed by atoms with Crippen molar-refractivity contribution < 1.29 is 17.9 Å². The average Bonchev–Trinajstić information content (AvgIpc) is 2.36. The zero-order chi connectivity index (χ0) is 14.7. The van der Waals surface area contributed by atoms with Gasteiger partial charge in [0.05, 0.1) is 6.04 Å². The van der Waals surface area contributed by atoms with Gasteiger partial charge in [0.2, 0.25) is 0 Å². The fraction of sp³-hybridized carbons (Fsp3) is 0.200. The second-order valence-corrected chi connectivity index (χ2v) is 4.49. The molecule has 1 unspecified atom stereocenters. The highest BCUT2D eigenvalue weighted by molar-refractivity contribution is 5.37. The van der Waals surface area contributed by atoms with Gasteiger partial charge in [0.25, 0.3) is 0 Å². The van der Waals surface area contributed by atoms with E-state index in [9.17, 15) is 13.2 Å². The lowest BCUT2D eigenvalue weighted by Gasteiger charge is -2.15.